The minimum Gasteiger partial charge on any atom is -0.380 e. The van der Waals surface area contributed by atoms with Gasteiger partial charge in [0.1, 0.15) is 0 Å². The Morgan fingerprint density at radius 2 is 2.19 bits per heavy atom. The first-order valence-electron chi connectivity index (χ1n) is 6.79. The lowest BCUT2D eigenvalue weighted by Crippen LogP contribution is -2.52. The quantitative estimate of drug-likeness (QED) is 0.692. The Morgan fingerprint density at radius 3 is 2.88 bits per heavy atom. The van der Waals surface area contributed by atoms with E-state index in [0.29, 0.717) is 5.92 Å². The molecule has 1 heterocycles. The molecule has 0 spiro atoms. The van der Waals surface area contributed by atoms with Crippen LogP contribution in [-0.2, 0) is 4.74 Å². The fraction of sp³-hybridized carbons (Fsp3) is 1.00. The van der Waals surface area contributed by atoms with Crippen LogP contribution in [0.1, 0.15) is 26.7 Å². The Bertz CT molecular complexity index is 204. The molecule has 1 saturated heterocycles. The second kappa shape index (κ2) is 5.99. The number of nitrogens with one attached hydrogen (secondary N) is 1. The van der Waals surface area contributed by atoms with Crippen LogP contribution in [0.5, 0.6) is 0 Å². The zero-order valence-electron chi connectivity index (χ0n) is 10.7. The highest BCUT2D eigenvalue weighted by atomic mass is 16.5. The van der Waals surface area contributed by atoms with Crippen molar-refractivity contribution in [2.45, 2.75) is 32.7 Å². The van der Waals surface area contributed by atoms with Crippen LogP contribution in [0.4, 0.5) is 0 Å². The normalized spacial score (nSPS) is 27.6. The van der Waals surface area contributed by atoms with E-state index in [9.17, 15) is 0 Å². The van der Waals surface area contributed by atoms with Crippen LogP contribution in [0.15, 0.2) is 0 Å². The van der Waals surface area contributed by atoms with Gasteiger partial charge in [0.15, 0.2) is 0 Å². The van der Waals surface area contributed by atoms with E-state index in [1.807, 2.05) is 0 Å². The topological polar surface area (TPSA) is 24.5 Å². The molecule has 2 fully saturated rings. The van der Waals surface area contributed by atoms with Gasteiger partial charge >= 0.3 is 0 Å². The summed E-state index contributed by atoms with van der Waals surface area (Å²) in [4.78, 5) is 2.56. The fourth-order valence-electron chi connectivity index (χ4n) is 2.37. The van der Waals surface area contributed by atoms with Gasteiger partial charge in [0.2, 0.25) is 0 Å². The fourth-order valence-corrected chi connectivity index (χ4v) is 2.37. The molecule has 1 saturated carbocycles. The lowest BCUT2D eigenvalue weighted by molar-refractivity contribution is 0.0748. The van der Waals surface area contributed by atoms with Gasteiger partial charge in [-0.1, -0.05) is 13.8 Å². The van der Waals surface area contributed by atoms with Gasteiger partial charge in [-0.15, -0.1) is 0 Å². The maximum absolute atomic E-state index is 5.65. The molecule has 0 aromatic rings. The highest BCUT2D eigenvalue weighted by molar-refractivity contribution is 4.91. The van der Waals surface area contributed by atoms with Crippen molar-refractivity contribution in [3.05, 3.63) is 0 Å². The Balaban J connectivity index is 1.57. The highest BCUT2D eigenvalue weighted by Crippen LogP contribution is 2.33. The van der Waals surface area contributed by atoms with E-state index < -0.39 is 0 Å². The van der Waals surface area contributed by atoms with Crippen LogP contribution >= 0.6 is 0 Å². The van der Waals surface area contributed by atoms with Crippen LogP contribution in [0.3, 0.4) is 0 Å². The van der Waals surface area contributed by atoms with Crippen molar-refractivity contribution in [3.63, 3.8) is 0 Å². The van der Waals surface area contributed by atoms with E-state index in [-0.39, 0.29) is 0 Å². The average molecular weight is 226 g/mol. The molecule has 2 aliphatic rings. The molecule has 94 valence electrons. The Morgan fingerprint density at radius 1 is 1.38 bits per heavy atom. The number of rotatable bonds is 6. The largest absolute Gasteiger partial charge is 0.380 e. The monoisotopic (exact) mass is 226 g/mol. The molecule has 16 heavy (non-hydrogen) atoms. The van der Waals surface area contributed by atoms with E-state index in [1.54, 1.807) is 0 Å². The molecule has 1 unspecified atom stereocenters. The first-order chi connectivity index (χ1) is 7.75. The van der Waals surface area contributed by atoms with E-state index in [1.165, 1.54) is 25.9 Å². The third-order valence-corrected chi connectivity index (χ3v) is 3.48. The van der Waals surface area contributed by atoms with E-state index in [2.05, 4.69) is 24.1 Å². The molecule has 0 aromatic carbocycles. The molecule has 0 aromatic heterocycles. The second-order valence-corrected chi connectivity index (χ2v) is 5.67. The van der Waals surface area contributed by atoms with Gasteiger partial charge in [0.25, 0.3) is 0 Å². The van der Waals surface area contributed by atoms with Crippen molar-refractivity contribution in [3.8, 4) is 0 Å². The summed E-state index contributed by atoms with van der Waals surface area (Å²) in [6.45, 7) is 10.9. The molecule has 1 atom stereocenters. The summed E-state index contributed by atoms with van der Waals surface area (Å²) in [5.41, 5.74) is 0. The molecule has 3 nitrogen and oxygen atoms in total. The number of piperazine rings is 1. The van der Waals surface area contributed by atoms with Gasteiger partial charge in [0.05, 0.1) is 6.61 Å². The van der Waals surface area contributed by atoms with Crippen molar-refractivity contribution in [1.82, 2.24) is 10.2 Å². The SMILES string of the molecule is CC(C)COCCN1CCNC(C2CC2)C1. The molecule has 0 radical (unpaired) electrons. The van der Waals surface area contributed by atoms with Gasteiger partial charge in [-0.05, 0) is 24.7 Å². The predicted molar refractivity (Wildman–Crippen MR) is 66.6 cm³/mol. The highest BCUT2D eigenvalue weighted by Gasteiger charge is 2.33. The number of nitrogens with zero attached hydrogens (tertiary/aromatic N) is 1. The van der Waals surface area contributed by atoms with E-state index >= 15 is 0 Å². The summed E-state index contributed by atoms with van der Waals surface area (Å²) >= 11 is 0. The minimum atomic E-state index is 0.655. The third kappa shape index (κ3) is 4.04. The third-order valence-electron chi connectivity index (χ3n) is 3.48. The standard InChI is InChI=1S/C13H26N2O/c1-11(2)10-16-8-7-15-6-5-14-13(9-15)12-3-4-12/h11-14H,3-10H2,1-2H3. The number of hydrogen-bond acceptors (Lipinski definition) is 3. The Labute approximate surface area is 99.5 Å². The molecular weight excluding hydrogens is 200 g/mol. The summed E-state index contributed by atoms with van der Waals surface area (Å²) in [7, 11) is 0. The maximum atomic E-state index is 5.65. The summed E-state index contributed by atoms with van der Waals surface area (Å²) < 4.78 is 5.65. The first-order valence-corrected chi connectivity index (χ1v) is 6.79. The van der Waals surface area contributed by atoms with Gasteiger partial charge in [-0.25, -0.2) is 0 Å². The van der Waals surface area contributed by atoms with Gasteiger partial charge in [-0.3, -0.25) is 4.90 Å². The van der Waals surface area contributed by atoms with E-state index in [0.717, 1.165) is 38.3 Å². The van der Waals surface area contributed by atoms with Crippen molar-refractivity contribution in [2.75, 3.05) is 39.4 Å². The lowest BCUT2D eigenvalue weighted by atomic mass is 10.1. The molecule has 1 aliphatic heterocycles. The van der Waals surface area contributed by atoms with Gasteiger partial charge in [0, 0.05) is 38.8 Å². The van der Waals surface area contributed by atoms with Crippen LogP contribution in [-0.4, -0.2) is 50.3 Å². The van der Waals surface area contributed by atoms with Gasteiger partial charge in [-0.2, -0.15) is 0 Å². The lowest BCUT2D eigenvalue weighted by Gasteiger charge is -2.33. The first kappa shape index (κ1) is 12.3. The van der Waals surface area contributed by atoms with Crippen LogP contribution in [0.2, 0.25) is 0 Å². The van der Waals surface area contributed by atoms with Crippen LogP contribution < -0.4 is 5.32 Å². The number of hydrogen-bond donors (Lipinski definition) is 1. The summed E-state index contributed by atoms with van der Waals surface area (Å²) in [6.07, 6.45) is 2.88. The van der Waals surface area contributed by atoms with Crippen molar-refractivity contribution in [1.29, 1.82) is 0 Å². The molecule has 0 amide bonds. The zero-order valence-corrected chi connectivity index (χ0v) is 10.7. The van der Waals surface area contributed by atoms with Crippen molar-refractivity contribution in [2.24, 2.45) is 11.8 Å². The summed E-state index contributed by atoms with van der Waals surface area (Å²) in [6, 6.07) is 0.763. The molecule has 2 rings (SSSR count). The molecule has 0 bridgehead atoms. The summed E-state index contributed by atoms with van der Waals surface area (Å²) in [5.74, 6) is 1.63. The molecule has 1 aliphatic carbocycles. The van der Waals surface area contributed by atoms with Crippen LogP contribution in [0, 0.1) is 11.8 Å². The molecular formula is C13H26N2O. The van der Waals surface area contributed by atoms with Crippen molar-refractivity contribution >= 4 is 0 Å². The average Bonchev–Trinajstić information content (AvgIpc) is 3.08. The van der Waals surface area contributed by atoms with Crippen molar-refractivity contribution < 1.29 is 4.74 Å². The minimum absolute atomic E-state index is 0.655. The zero-order chi connectivity index (χ0) is 11.4. The number of ether oxygens (including phenoxy) is 1. The predicted octanol–water partition coefficient (Wildman–Crippen LogP) is 1.34. The Kier molecular flexibility index (Phi) is 4.62. The molecule has 1 N–H and O–H groups in total. The van der Waals surface area contributed by atoms with Gasteiger partial charge < -0.3 is 10.1 Å². The smallest absolute Gasteiger partial charge is 0.0593 e. The van der Waals surface area contributed by atoms with E-state index in [4.69, 9.17) is 4.74 Å². The molecule has 3 heteroatoms. The Hall–Kier alpha value is -0.120. The maximum Gasteiger partial charge on any atom is 0.0593 e. The van der Waals surface area contributed by atoms with Crippen LogP contribution in [0.25, 0.3) is 0 Å². The summed E-state index contributed by atoms with van der Waals surface area (Å²) in [5, 5.41) is 3.64. The second-order valence-electron chi connectivity index (χ2n) is 5.67.